The van der Waals surface area contributed by atoms with Gasteiger partial charge in [-0.25, -0.2) is 0 Å². The summed E-state index contributed by atoms with van der Waals surface area (Å²) in [5, 5.41) is 5.71. The molecule has 2 heterocycles. The van der Waals surface area contributed by atoms with E-state index >= 15 is 0 Å². The molecule has 0 fully saturated rings. The molecule has 0 aliphatic heterocycles. The van der Waals surface area contributed by atoms with Crippen LogP contribution in [-0.2, 0) is 0 Å². The molecule has 0 bridgehead atoms. The van der Waals surface area contributed by atoms with E-state index in [0.29, 0.717) is 31.9 Å². The van der Waals surface area contributed by atoms with E-state index < -0.39 is 0 Å². The fourth-order valence-corrected chi connectivity index (χ4v) is 3.53. The van der Waals surface area contributed by atoms with Crippen LogP contribution in [0.25, 0.3) is 22.2 Å². The standard InChI is InChI=1S/C15H15N4O.Tl/c1-9(2)20-14-6-3-10(8-17-14)15-12-7-11(16)4-5-13(12)18-19-15;/h3-9H,16H2,1-2H3;/q-1;+1. The van der Waals surface area contributed by atoms with Gasteiger partial charge in [-0.2, -0.15) is 0 Å². The molecular formula is C15H15N4OTl. The predicted molar refractivity (Wildman–Crippen MR) is 84.3 cm³/mol. The van der Waals surface area contributed by atoms with Crippen LogP contribution in [0, 0.1) is 0 Å². The number of benzene rings is 1. The van der Waals surface area contributed by atoms with Crippen LogP contribution in [0.2, 0.25) is 0 Å². The molecule has 0 radical (unpaired) electrons. The van der Waals surface area contributed by atoms with Crippen LogP contribution >= 0.6 is 0 Å². The van der Waals surface area contributed by atoms with Crippen molar-refractivity contribution in [3.05, 3.63) is 36.5 Å². The number of anilines is 1. The number of nitrogen functional groups attached to an aromatic ring is 1. The Kier molecular flexibility index (Phi) is 3.83. The van der Waals surface area contributed by atoms with Crippen LogP contribution < -0.4 is 10.5 Å². The molecule has 0 saturated heterocycles. The van der Waals surface area contributed by atoms with E-state index in [9.17, 15) is 0 Å². The monoisotopic (exact) mass is 472 g/mol. The van der Waals surface area contributed by atoms with Gasteiger partial charge >= 0.3 is 139 Å². The zero-order chi connectivity index (χ0) is 15.0. The van der Waals surface area contributed by atoms with Crippen molar-refractivity contribution in [1.82, 2.24) is 12.6 Å². The number of ether oxygens (including phenoxy) is 1. The van der Waals surface area contributed by atoms with Gasteiger partial charge in [-0.15, -0.1) is 0 Å². The summed E-state index contributed by atoms with van der Waals surface area (Å²) in [6, 6.07) is 9.76. The molecule has 0 saturated carbocycles. The second-order valence-electron chi connectivity index (χ2n) is 5.12. The molecule has 3 rings (SSSR count). The van der Waals surface area contributed by atoms with Crippen molar-refractivity contribution < 1.29 is 4.74 Å². The van der Waals surface area contributed by atoms with E-state index in [1.807, 2.05) is 46.7 Å². The molecule has 2 N–H and O–H groups in total. The van der Waals surface area contributed by atoms with E-state index in [1.54, 1.807) is 6.20 Å². The summed E-state index contributed by atoms with van der Waals surface area (Å²) < 4.78 is 7.58. The van der Waals surface area contributed by atoms with Crippen LogP contribution in [0.15, 0.2) is 36.5 Å². The van der Waals surface area contributed by atoms with Crippen LogP contribution in [-0.4, -0.2) is 44.7 Å². The molecule has 5 nitrogen and oxygen atoms in total. The molecular weight excluding hydrogens is 457 g/mol. The molecule has 104 valence electrons. The molecule has 2 aromatic heterocycles. The van der Waals surface area contributed by atoms with E-state index in [1.165, 1.54) is 0 Å². The average Bonchev–Trinajstić information content (AvgIpc) is 2.76. The number of pyridine rings is 1. The number of hydrogen-bond acceptors (Lipinski definition) is 4. The Morgan fingerprint density at radius 3 is 2.71 bits per heavy atom. The Hall–Kier alpha value is -1.64. The van der Waals surface area contributed by atoms with Crippen LogP contribution in [0.3, 0.4) is 0 Å². The minimum absolute atomic E-state index is 0.117. The van der Waals surface area contributed by atoms with Crippen molar-refractivity contribution in [3.8, 4) is 17.1 Å². The molecule has 0 spiro atoms. The topological polar surface area (TPSA) is 66.0 Å². The number of nitrogens with two attached hydrogens (primary N) is 1. The van der Waals surface area contributed by atoms with Gasteiger partial charge in [0.1, 0.15) is 0 Å². The zero-order valence-corrected chi connectivity index (χ0v) is 16.4. The number of rotatable bonds is 3. The van der Waals surface area contributed by atoms with Gasteiger partial charge in [-0.1, -0.05) is 0 Å². The van der Waals surface area contributed by atoms with E-state index in [0.717, 1.165) is 27.8 Å². The number of aromatic nitrogens is 3. The summed E-state index contributed by atoms with van der Waals surface area (Å²) in [6.45, 7) is 3.96. The first kappa shape index (κ1) is 14.3. The van der Waals surface area contributed by atoms with Gasteiger partial charge in [0.05, 0.1) is 0 Å². The van der Waals surface area contributed by atoms with Gasteiger partial charge in [0.15, 0.2) is 0 Å². The molecule has 0 aliphatic carbocycles. The Balaban J connectivity index is 2.06. The van der Waals surface area contributed by atoms with Crippen molar-refractivity contribution in [2.75, 3.05) is 5.73 Å². The first-order valence-electron chi connectivity index (χ1n) is 6.71. The molecule has 6 heteroatoms. The zero-order valence-electron chi connectivity index (χ0n) is 11.9. The Bertz CT molecular complexity index is 780. The SMILES string of the molecule is CC(C)Oc1ccc(-c2n[n]([Tl])c3ccc(N)cc23)cn1. The van der Waals surface area contributed by atoms with Crippen LogP contribution in [0.5, 0.6) is 5.88 Å². The van der Waals surface area contributed by atoms with E-state index in [4.69, 9.17) is 10.5 Å². The van der Waals surface area contributed by atoms with Crippen molar-refractivity contribution in [2.45, 2.75) is 20.0 Å². The number of hydrogen-bond donors (Lipinski definition) is 1. The quantitative estimate of drug-likeness (QED) is 0.471. The minimum atomic E-state index is 0.117. The van der Waals surface area contributed by atoms with Gasteiger partial charge in [0, 0.05) is 0 Å². The van der Waals surface area contributed by atoms with Crippen LogP contribution in [0.4, 0.5) is 5.69 Å². The number of nitrogens with zero attached hydrogens (tertiary/aromatic N) is 3. The van der Waals surface area contributed by atoms with Crippen molar-refractivity contribution >= 4 is 42.7 Å². The molecule has 0 amide bonds. The summed E-state index contributed by atoms with van der Waals surface area (Å²) in [6.07, 6.45) is 1.92. The maximum absolute atomic E-state index is 5.90. The summed E-state index contributed by atoms with van der Waals surface area (Å²) in [4.78, 5) is 4.34. The molecule has 0 atom stereocenters. The molecule has 1 aromatic carbocycles. The summed E-state index contributed by atoms with van der Waals surface area (Å²) in [5.74, 6) is 0.629. The van der Waals surface area contributed by atoms with E-state index in [2.05, 4.69) is 10.1 Å². The Morgan fingerprint density at radius 2 is 2.05 bits per heavy atom. The van der Waals surface area contributed by atoms with Gasteiger partial charge in [-0.3, -0.25) is 0 Å². The van der Waals surface area contributed by atoms with Crippen molar-refractivity contribution in [3.63, 3.8) is 0 Å². The predicted octanol–water partition coefficient (Wildman–Crippen LogP) is 2.40. The fraction of sp³-hybridized carbons (Fsp3) is 0.200. The third-order valence-corrected chi connectivity index (χ3v) is 4.63. The Labute approximate surface area is 139 Å². The normalized spacial score (nSPS) is 11.1. The van der Waals surface area contributed by atoms with Crippen molar-refractivity contribution in [1.29, 1.82) is 0 Å². The second-order valence-corrected chi connectivity index (χ2v) is 7.02. The number of fused-ring (bicyclic) bond motifs is 1. The van der Waals surface area contributed by atoms with E-state index in [-0.39, 0.29) is 6.10 Å². The summed E-state index contributed by atoms with van der Waals surface area (Å²) >= 11 is 0.603. The molecule has 0 aliphatic rings. The Morgan fingerprint density at radius 1 is 1.24 bits per heavy atom. The summed E-state index contributed by atoms with van der Waals surface area (Å²) in [5.41, 5.74) is 9.66. The molecule has 3 aromatic rings. The summed E-state index contributed by atoms with van der Waals surface area (Å²) in [7, 11) is 0. The second kappa shape index (κ2) is 5.63. The van der Waals surface area contributed by atoms with Gasteiger partial charge in [0.2, 0.25) is 0 Å². The third-order valence-electron chi connectivity index (χ3n) is 3.10. The van der Waals surface area contributed by atoms with Crippen LogP contribution in [0.1, 0.15) is 13.8 Å². The average molecular weight is 472 g/mol. The van der Waals surface area contributed by atoms with Gasteiger partial charge in [0.25, 0.3) is 0 Å². The first-order chi connectivity index (χ1) is 10.0. The maximum atomic E-state index is 5.90. The van der Waals surface area contributed by atoms with Gasteiger partial charge < -0.3 is 0 Å². The van der Waals surface area contributed by atoms with Gasteiger partial charge in [-0.05, 0) is 0 Å². The van der Waals surface area contributed by atoms with Crippen molar-refractivity contribution in [2.24, 2.45) is 0 Å². The third kappa shape index (κ3) is 2.87. The first-order valence-corrected chi connectivity index (χ1v) is 8.72. The molecule has 0 unspecified atom stereocenters. The fourth-order valence-electron chi connectivity index (χ4n) is 2.20. The molecule has 21 heavy (non-hydrogen) atoms.